The molecule has 1 aliphatic rings. The largest absolute Gasteiger partial charge is 0.378 e. The summed E-state index contributed by atoms with van der Waals surface area (Å²) in [6.07, 6.45) is 2.71. The van der Waals surface area contributed by atoms with Crippen molar-refractivity contribution in [2.75, 3.05) is 31.2 Å². The first-order valence-corrected chi connectivity index (χ1v) is 6.36. The van der Waals surface area contributed by atoms with E-state index in [0.717, 1.165) is 32.7 Å². The fourth-order valence-corrected chi connectivity index (χ4v) is 2.10. The van der Waals surface area contributed by atoms with Crippen molar-refractivity contribution in [2.45, 2.75) is 12.8 Å². The molecule has 0 unspecified atom stereocenters. The molecule has 18 heavy (non-hydrogen) atoms. The van der Waals surface area contributed by atoms with Crippen molar-refractivity contribution < 1.29 is 9.53 Å². The predicted octanol–water partition coefficient (Wildman–Crippen LogP) is 2.21. The first-order valence-electron chi connectivity index (χ1n) is 6.36. The lowest BCUT2D eigenvalue weighted by Crippen LogP contribution is -2.36. The zero-order valence-corrected chi connectivity index (χ0v) is 10.6. The summed E-state index contributed by atoms with van der Waals surface area (Å²) < 4.78 is 5.35. The Hall–Kier alpha value is -1.61. The maximum absolute atomic E-state index is 11.2. The third kappa shape index (κ3) is 3.44. The minimum atomic E-state index is 0.103. The fourth-order valence-electron chi connectivity index (χ4n) is 2.10. The van der Waals surface area contributed by atoms with Gasteiger partial charge in [-0.1, -0.05) is 18.7 Å². The van der Waals surface area contributed by atoms with Crippen LogP contribution in [-0.2, 0) is 16.0 Å². The summed E-state index contributed by atoms with van der Waals surface area (Å²) in [5.74, 6) is 0.103. The molecule has 0 amide bonds. The molecule has 1 aromatic rings. The molecule has 0 N–H and O–H groups in total. The zero-order valence-electron chi connectivity index (χ0n) is 10.6. The van der Waals surface area contributed by atoms with Gasteiger partial charge in [-0.3, -0.25) is 4.79 Å². The van der Waals surface area contributed by atoms with Crippen LogP contribution in [0.1, 0.15) is 12.0 Å². The third-order valence-electron chi connectivity index (χ3n) is 3.17. The van der Waals surface area contributed by atoms with E-state index in [4.69, 9.17) is 4.74 Å². The minimum absolute atomic E-state index is 0.103. The average Bonchev–Trinajstić information content (AvgIpc) is 2.46. The van der Waals surface area contributed by atoms with Gasteiger partial charge in [-0.05, 0) is 30.2 Å². The normalized spacial score (nSPS) is 15.4. The molecule has 3 nitrogen and oxygen atoms in total. The quantitative estimate of drug-likeness (QED) is 0.745. The molecule has 0 bridgehead atoms. The number of nitrogens with zero attached hydrogens (tertiary/aromatic N) is 1. The molecule has 96 valence electrons. The summed E-state index contributed by atoms with van der Waals surface area (Å²) in [6, 6.07) is 8.41. The first kappa shape index (κ1) is 12.8. The van der Waals surface area contributed by atoms with Gasteiger partial charge >= 0.3 is 0 Å². The SMILES string of the molecule is C=CC(=O)CCc1cccc(N2CCOCC2)c1. The Bertz CT molecular complexity index is 422. The van der Waals surface area contributed by atoms with E-state index < -0.39 is 0 Å². The summed E-state index contributed by atoms with van der Waals surface area (Å²) in [6.45, 7) is 6.95. The van der Waals surface area contributed by atoms with Crippen LogP contribution in [0.2, 0.25) is 0 Å². The lowest BCUT2D eigenvalue weighted by atomic mass is 10.1. The Labute approximate surface area is 108 Å². The molecular formula is C15H19NO2. The van der Waals surface area contributed by atoms with Crippen molar-refractivity contribution in [2.24, 2.45) is 0 Å². The monoisotopic (exact) mass is 245 g/mol. The molecule has 1 aliphatic heterocycles. The Morgan fingerprint density at radius 1 is 1.39 bits per heavy atom. The summed E-state index contributed by atoms with van der Waals surface area (Å²) in [5.41, 5.74) is 2.43. The third-order valence-corrected chi connectivity index (χ3v) is 3.17. The number of hydrogen-bond acceptors (Lipinski definition) is 3. The van der Waals surface area contributed by atoms with Crippen LogP contribution in [0.5, 0.6) is 0 Å². The number of ketones is 1. The molecule has 0 aliphatic carbocycles. The average molecular weight is 245 g/mol. The predicted molar refractivity (Wildman–Crippen MR) is 73.0 cm³/mol. The number of allylic oxidation sites excluding steroid dienone is 1. The lowest BCUT2D eigenvalue weighted by Gasteiger charge is -2.29. The van der Waals surface area contributed by atoms with Crippen LogP contribution in [0.4, 0.5) is 5.69 Å². The van der Waals surface area contributed by atoms with E-state index in [1.165, 1.54) is 17.3 Å². The molecule has 0 atom stereocenters. The number of rotatable bonds is 5. The van der Waals surface area contributed by atoms with Gasteiger partial charge in [0.05, 0.1) is 13.2 Å². The molecule has 0 spiro atoms. The van der Waals surface area contributed by atoms with Gasteiger partial charge in [0.1, 0.15) is 0 Å². The van der Waals surface area contributed by atoms with Crippen LogP contribution in [0.25, 0.3) is 0 Å². The first-order chi connectivity index (χ1) is 8.79. The van der Waals surface area contributed by atoms with Crippen LogP contribution >= 0.6 is 0 Å². The minimum Gasteiger partial charge on any atom is -0.378 e. The molecule has 3 heteroatoms. The number of carbonyl (C=O) groups excluding carboxylic acids is 1. The van der Waals surface area contributed by atoms with E-state index >= 15 is 0 Å². The molecule has 1 aromatic carbocycles. The smallest absolute Gasteiger partial charge is 0.155 e. The number of aryl methyl sites for hydroxylation is 1. The van der Waals surface area contributed by atoms with Crippen molar-refractivity contribution in [1.29, 1.82) is 0 Å². The summed E-state index contributed by atoms with van der Waals surface area (Å²) in [7, 11) is 0. The maximum Gasteiger partial charge on any atom is 0.155 e. The summed E-state index contributed by atoms with van der Waals surface area (Å²) >= 11 is 0. The number of benzene rings is 1. The molecular weight excluding hydrogens is 226 g/mol. The molecule has 2 rings (SSSR count). The maximum atomic E-state index is 11.2. The van der Waals surface area contributed by atoms with Crippen molar-refractivity contribution in [1.82, 2.24) is 0 Å². The molecule has 0 aromatic heterocycles. The number of anilines is 1. The van der Waals surface area contributed by atoms with Crippen LogP contribution in [0.3, 0.4) is 0 Å². The number of ether oxygens (including phenoxy) is 1. The van der Waals surface area contributed by atoms with Gasteiger partial charge in [0.15, 0.2) is 5.78 Å². The van der Waals surface area contributed by atoms with Gasteiger partial charge in [-0.15, -0.1) is 0 Å². The molecule has 1 heterocycles. The molecule has 0 radical (unpaired) electrons. The van der Waals surface area contributed by atoms with E-state index in [0.29, 0.717) is 6.42 Å². The van der Waals surface area contributed by atoms with Gasteiger partial charge in [0.25, 0.3) is 0 Å². The zero-order chi connectivity index (χ0) is 12.8. The second kappa shape index (κ2) is 6.36. The van der Waals surface area contributed by atoms with E-state index in [2.05, 4.69) is 35.7 Å². The van der Waals surface area contributed by atoms with E-state index in [9.17, 15) is 4.79 Å². The molecule has 1 fully saturated rings. The highest BCUT2D eigenvalue weighted by Gasteiger charge is 2.11. The van der Waals surface area contributed by atoms with Gasteiger partial charge in [-0.2, -0.15) is 0 Å². The Morgan fingerprint density at radius 2 is 2.17 bits per heavy atom. The second-order valence-electron chi connectivity index (χ2n) is 4.44. The van der Waals surface area contributed by atoms with E-state index in [1.54, 1.807) is 0 Å². The van der Waals surface area contributed by atoms with Crippen molar-refractivity contribution in [3.8, 4) is 0 Å². The lowest BCUT2D eigenvalue weighted by molar-refractivity contribution is -0.114. The number of carbonyl (C=O) groups is 1. The van der Waals surface area contributed by atoms with Gasteiger partial charge in [-0.25, -0.2) is 0 Å². The number of hydrogen-bond donors (Lipinski definition) is 0. The highest BCUT2D eigenvalue weighted by Crippen LogP contribution is 2.18. The van der Waals surface area contributed by atoms with Crippen LogP contribution < -0.4 is 4.90 Å². The van der Waals surface area contributed by atoms with Crippen LogP contribution in [0.15, 0.2) is 36.9 Å². The van der Waals surface area contributed by atoms with Crippen molar-refractivity contribution in [3.05, 3.63) is 42.5 Å². The molecule has 1 saturated heterocycles. The second-order valence-corrected chi connectivity index (χ2v) is 4.44. The van der Waals surface area contributed by atoms with Crippen molar-refractivity contribution in [3.63, 3.8) is 0 Å². The summed E-state index contributed by atoms with van der Waals surface area (Å²) in [5, 5.41) is 0. The highest BCUT2D eigenvalue weighted by atomic mass is 16.5. The van der Waals surface area contributed by atoms with E-state index in [1.807, 2.05) is 0 Å². The van der Waals surface area contributed by atoms with Gasteiger partial charge < -0.3 is 9.64 Å². The Balaban J connectivity index is 2.00. The van der Waals surface area contributed by atoms with E-state index in [-0.39, 0.29) is 5.78 Å². The standard InChI is InChI=1S/C15H19NO2/c1-2-15(17)7-6-13-4-3-5-14(12-13)16-8-10-18-11-9-16/h2-5,12H,1,6-11H2. The Morgan fingerprint density at radius 3 is 2.89 bits per heavy atom. The number of morpholine rings is 1. The highest BCUT2D eigenvalue weighted by molar-refractivity contribution is 5.89. The molecule has 0 saturated carbocycles. The van der Waals surface area contributed by atoms with Gasteiger partial charge in [0, 0.05) is 25.2 Å². The van der Waals surface area contributed by atoms with Crippen LogP contribution in [-0.4, -0.2) is 32.1 Å². The fraction of sp³-hybridized carbons (Fsp3) is 0.400. The topological polar surface area (TPSA) is 29.5 Å². The van der Waals surface area contributed by atoms with Gasteiger partial charge in [0.2, 0.25) is 0 Å². The Kier molecular flexibility index (Phi) is 4.53. The van der Waals surface area contributed by atoms with Crippen LogP contribution in [0, 0.1) is 0 Å². The summed E-state index contributed by atoms with van der Waals surface area (Å²) in [4.78, 5) is 13.5. The van der Waals surface area contributed by atoms with Crippen molar-refractivity contribution >= 4 is 11.5 Å².